The number of nitriles is 1. The third kappa shape index (κ3) is 3.11. The first-order valence-electron chi connectivity index (χ1n) is 4.07. The Labute approximate surface area is 91.4 Å². The molecule has 0 radical (unpaired) electrons. The molecule has 76 valence electrons. The molecule has 1 aromatic carbocycles. The minimum Gasteiger partial charge on any atom is -0.258 e. The highest BCUT2D eigenvalue weighted by Crippen LogP contribution is 2.17. The maximum atomic E-state index is 10.4. The number of allylic oxidation sites excluding steroid dienone is 1. The molecule has 0 saturated heterocycles. The Morgan fingerprint density at radius 1 is 1.53 bits per heavy atom. The number of benzene rings is 1. The molecule has 0 bridgehead atoms. The molecular formula is C10H8N2O2S. The van der Waals surface area contributed by atoms with Crippen molar-refractivity contribution >= 4 is 23.5 Å². The van der Waals surface area contributed by atoms with Gasteiger partial charge in [0.25, 0.3) is 5.69 Å². The summed E-state index contributed by atoms with van der Waals surface area (Å²) >= 11 is 1.34. The number of non-ortho nitro benzene ring substituents is 1. The molecule has 4 nitrogen and oxygen atoms in total. The van der Waals surface area contributed by atoms with Crippen molar-refractivity contribution in [3.8, 4) is 6.07 Å². The minimum atomic E-state index is -0.451. The Morgan fingerprint density at radius 2 is 2.13 bits per heavy atom. The Bertz CT molecular complexity index is 432. The summed E-state index contributed by atoms with van der Waals surface area (Å²) in [6, 6.07) is 8.10. The van der Waals surface area contributed by atoms with E-state index < -0.39 is 4.92 Å². The Hall–Kier alpha value is -1.80. The first-order valence-corrected chi connectivity index (χ1v) is 5.30. The van der Waals surface area contributed by atoms with Crippen LogP contribution in [0.4, 0.5) is 5.69 Å². The molecule has 0 aliphatic heterocycles. The van der Waals surface area contributed by atoms with Crippen LogP contribution in [0.25, 0.3) is 6.08 Å². The van der Waals surface area contributed by atoms with Crippen molar-refractivity contribution in [1.82, 2.24) is 0 Å². The Morgan fingerprint density at radius 3 is 2.53 bits per heavy atom. The second-order valence-electron chi connectivity index (χ2n) is 2.67. The molecule has 0 aliphatic carbocycles. The van der Waals surface area contributed by atoms with E-state index in [0.717, 1.165) is 5.56 Å². The maximum Gasteiger partial charge on any atom is 0.269 e. The summed E-state index contributed by atoms with van der Waals surface area (Å²) in [5.74, 6) is 0. The molecule has 1 aromatic rings. The van der Waals surface area contributed by atoms with Crippen LogP contribution in [-0.2, 0) is 0 Å². The lowest BCUT2D eigenvalue weighted by molar-refractivity contribution is -0.384. The first kappa shape index (κ1) is 11.3. The highest BCUT2D eigenvalue weighted by Gasteiger charge is 2.02. The fraction of sp³-hybridized carbons (Fsp3) is 0.100. The van der Waals surface area contributed by atoms with Gasteiger partial charge in [-0.15, -0.1) is 11.8 Å². The number of nitro groups is 1. The summed E-state index contributed by atoms with van der Waals surface area (Å²) in [5, 5.41) is 19.1. The second kappa shape index (κ2) is 5.17. The number of nitrogens with zero attached hydrogens (tertiary/aromatic N) is 2. The molecule has 0 amide bonds. The summed E-state index contributed by atoms with van der Waals surface area (Å²) in [4.78, 5) is 10.5. The van der Waals surface area contributed by atoms with Crippen LogP contribution in [-0.4, -0.2) is 11.2 Å². The van der Waals surface area contributed by atoms with E-state index in [2.05, 4.69) is 0 Å². The van der Waals surface area contributed by atoms with Crippen LogP contribution >= 0.6 is 11.8 Å². The van der Waals surface area contributed by atoms with Crippen molar-refractivity contribution in [2.24, 2.45) is 0 Å². The second-order valence-corrected chi connectivity index (χ2v) is 3.52. The van der Waals surface area contributed by atoms with Crippen LogP contribution < -0.4 is 0 Å². The minimum absolute atomic E-state index is 0.0507. The molecule has 0 fully saturated rings. The van der Waals surface area contributed by atoms with E-state index in [-0.39, 0.29) is 5.69 Å². The molecule has 5 heteroatoms. The third-order valence-corrected chi connectivity index (χ3v) is 2.38. The van der Waals surface area contributed by atoms with Gasteiger partial charge in [0, 0.05) is 12.1 Å². The van der Waals surface area contributed by atoms with Gasteiger partial charge in [-0.2, -0.15) is 5.26 Å². The topological polar surface area (TPSA) is 66.9 Å². The van der Waals surface area contributed by atoms with Crippen LogP contribution in [0.2, 0.25) is 0 Å². The van der Waals surface area contributed by atoms with Crippen LogP contribution in [0, 0.1) is 21.4 Å². The van der Waals surface area contributed by atoms with E-state index in [1.165, 1.54) is 23.9 Å². The lowest BCUT2D eigenvalue weighted by atomic mass is 10.2. The van der Waals surface area contributed by atoms with Crippen LogP contribution in [0.15, 0.2) is 29.2 Å². The summed E-state index contributed by atoms with van der Waals surface area (Å²) in [7, 11) is 0. The zero-order valence-corrected chi connectivity index (χ0v) is 8.82. The highest BCUT2D eigenvalue weighted by molar-refractivity contribution is 8.02. The van der Waals surface area contributed by atoms with Gasteiger partial charge in [-0.25, -0.2) is 0 Å². The summed E-state index contributed by atoms with van der Waals surface area (Å²) in [6.07, 6.45) is 3.49. The van der Waals surface area contributed by atoms with E-state index in [1.807, 2.05) is 6.07 Å². The fourth-order valence-corrected chi connectivity index (χ4v) is 1.33. The number of nitro benzene ring substituents is 1. The largest absolute Gasteiger partial charge is 0.269 e. The zero-order chi connectivity index (χ0) is 11.3. The normalized spacial score (nSPS) is 10.8. The molecular weight excluding hydrogens is 212 g/mol. The maximum absolute atomic E-state index is 10.4. The van der Waals surface area contributed by atoms with Gasteiger partial charge in [0.05, 0.1) is 9.83 Å². The van der Waals surface area contributed by atoms with Gasteiger partial charge in [0.1, 0.15) is 6.07 Å². The van der Waals surface area contributed by atoms with Gasteiger partial charge in [-0.05, 0) is 30.0 Å². The van der Waals surface area contributed by atoms with Crippen molar-refractivity contribution in [2.45, 2.75) is 0 Å². The predicted octanol–water partition coefficient (Wildman–Crippen LogP) is 2.82. The summed E-state index contributed by atoms with van der Waals surface area (Å²) in [6.45, 7) is 0. The van der Waals surface area contributed by atoms with Crippen LogP contribution in [0.3, 0.4) is 0 Å². The number of hydrogen-bond acceptors (Lipinski definition) is 4. The van der Waals surface area contributed by atoms with Crippen molar-refractivity contribution in [3.63, 3.8) is 0 Å². The van der Waals surface area contributed by atoms with Gasteiger partial charge in [-0.3, -0.25) is 10.1 Å². The molecule has 0 atom stereocenters. The average Bonchev–Trinajstić information content (AvgIpc) is 2.26. The Kier molecular flexibility index (Phi) is 3.89. The molecule has 0 aromatic heterocycles. The molecule has 15 heavy (non-hydrogen) atoms. The quantitative estimate of drug-likeness (QED) is 0.446. The van der Waals surface area contributed by atoms with Gasteiger partial charge < -0.3 is 0 Å². The first-order chi connectivity index (χ1) is 7.17. The van der Waals surface area contributed by atoms with Gasteiger partial charge in [-0.1, -0.05) is 0 Å². The fourth-order valence-electron chi connectivity index (χ4n) is 0.980. The van der Waals surface area contributed by atoms with Crippen molar-refractivity contribution in [2.75, 3.05) is 6.26 Å². The molecule has 0 aliphatic rings. The Balaban J connectivity index is 2.95. The SMILES string of the molecule is CS/C(C#N)=C\c1ccc([N+](=O)[O-])cc1. The standard InChI is InChI=1S/C10H8N2O2S/c1-15-10(7-11)6-8-2-4-9(5-3-8)12(13)14/h2-6H,1H3/b10-6-. The molecule has 0 spiro atoms. The number of rotatable bonds is 3. The van der Waals surface area contributed by atoms with Gasteiger partial charge in [0.15, 0.2) is 0 Å². The van der Waals surface area contributed by atoms with E-state index in [0.29, 0.717) is 4.91 Å². The van der Waals surface area contributed by atoms with Gasteiger partial charge >= 0.3 is 0 Å². The van der Waals surface area contributed by atoms with Gasteiger partial charge in [0.2, 0.25) is 0 Å². The molecule has 0 N–H and O–H groups in total. The average molecular weight is 220 g/mol. The zero-order valence-electron chi connectivity index (χ0n) is 8.01. The lowest BCUT2D eigenvalue weighted by Gasteiger charge is -1.95. The third-order valence-electron chi connectivity index (χ3n) is 1.73. The van der Waals surface area contributed by atoms with E-state index in [9.17, 15) is 10.1 Å². The predicted molar refractivity (Wildman–Crippen MR) is 60.2 cm³/mol. The molecule has 0 saturated carbocycles. The summed E-state index contributed by atoms with van der Waals surface area (Å²) < 4.78 is 0. The number of hydrogen-bond donors (Lipinski definition) is 0. The van der Waals surface area contributed by atoms with Crippen molar-refractivity contribution in [3.05, 3.63) is 44.8 Å². The molecule has 1 rings (SSSR count). The van der Waals surface area contributed by atoms with Crippen LogP contribution in [0.1, 0.15) is 5.56 Å². The van der Waals surface area contributed by atoms with E-state index in [4.69, 9.17) is 5.26 Å². The lowest BCUT2D eigenvalue weighted by Crippen LogP contribution is -1.86. The smallest absolute Gasteiger partial charge is 0.258 e. The highest BCUT2D eigenvalue weighted by atomic mass is 32.2. The molecule has 0 unspecified atom stereocenters. The van der Waals surface area contributed by atoms with Crippen molar-refractivity contribution in [1.29, 1.82) is 5.26 Å². The summed E-state index contributed by atoms with van der Waals surface area (Å²) in [5.41, 5.74) is 0.835. The van der Waals surface area contributed by atoms with E-state index >= 15 is 0 Å². The van der Waals surface area contributed by atoms with E-state index in [1.54, 1.807) is 24.5 Å². The monoisotopic (exact) mass is 220 g/mol. The van der Waals surface area contributed by atoms with Crippen molar-refractivity contribution < 1.29 is 4.92 Å². The molecule has 0 heterocycles. The van der Waals surface area contributed by atoms with Crippen LogP contribution in [0.5, 0.6) is 0 Å². The number of thioether (sulfide) groups is 1.